The maximum Gasteiger partial charge on any atom is 0.207 e. The Morgan fingerprint density at radius 1 is 1.42 bits per heavy atom. The van der Waals surface area contributed by atoms with Crippen LogP contribution in [0.2, 0.25) is 0 Å². The smallest absolute Gasteiger partial charge is 0.207 e. The molecule has 0 spiro atoms. The lowest BCUT2D eigenvalue weighted by atomic mass is 10.3. The molecule has 0 saturated carbocycles. The number of rotatable bonds is 9. The standard InChI is InChI=1S/C11H21N5O.CH5P/c1-10(2)13-6-4-11-8-16(15-14-11)7-3-5-12-9-17;1-2/h8-10,13H,3-7H2,1-2H3,(H,12,17);2H2,1H3. The largest absolute Gasteiger partial charge is 0.359 e. The number of hydrogen-bond acceptors (Lipinski definition) is 4. The van der Waals surface area contributed by atoms with Gasteiger partial charge in [0.05, 0.1) is 5.69 Å². The van der Waals surface area contributed by atoms with E-state index in [4.69, 9.17) is 0 Å². The summed E-state index contributed by atoms with van der Waals surface area (Å²) in [6, 6.07) is 0.500. The molecular formula is C12H26N5OP. The Kier molecular flexibility index (Phi) is 11.4. The fourth-order valence-corrected chi connectivity index (χ4v) is 1.45. The van der Waals surface area contributed by atoms with Crippen LogP contribution < -0.4 is 10.6 Å². The number of hydrogen-bond donors (Lipinski definition) is 2. The van der Waals surface area contributed by atoms with Crippen molar-refractivity contribution in [1.82, 2.24) is 25.6 Å². The molecular weight excluding hydrogens is 261 g/mol. The van der Waals surface area contributed by atoms with E-state index in [0.717, 1.165) is 31.6 Å². The van der Waals surface area contributed by atoms with Crippen LogP contribution in [0.5, 0.6) is 0 Å². The molecule has 0 aliphatic heterocycles. The van der Waals surface area contributed by atoms with Crippen LogP contribution in [-0.4, -0.2) is 47.2 Å². The topological polar surface area (TPSA) is 71.8 Å². The van der Waals surface area contributed by atoms with Gasteiger partial charge in [0.1, 0.15) is 0 Å². The monoisotopic (exact) mass is 287 g/mol. The Bertz CT molecular complexity index is 330. The summed E-state index contributed by atoms with van der Waals surface area (Å²) in [5, 5.41) is 14.1. The molecule has 110 valence electrons. The summed E-state index contributed by atoms with van der Waals surface area (Å²) in [6.07, 6.45) is 4.43. The molecule has 0 aliphatic carbocycles. The van der Waals surface area contributed by atoms with Gasteiger partial charge in [-0.3, -0.25) is 9.48 Å². The second-order valence-corrected chi connectivity index (χ2v) is 4.26. The van der Waals surface area contributed by atoms with E-state index in [1.54, 1.807) is 0 Å². The Hall–Kier alpha value is -1.00. The van der Waals surface area contributed by atoms with Crippen LogP contribution in [0.25, 0.3) is 0 Å². The van der Waals surface area contributed by atoms with Gasteiger partial charge in [-0.1, -0.05) is 25.7 Å². The maximum absolute atomic E-state index is 10.0. The first-order valence-electron chi connectivity index (χ1n) is 6.59. The van der Waals surface area contributed by atoms with E-state index in [0.29, 0.717) is 19.0 Å². The van der Waals surface area contributed by atoms with Crippen molar-refractivity contribution in [3.8, 4) is 0 Å². The zero-order chi connectivity index (χ0) is 14.5. The van der Waals surface area contributed by atoms with Gasteiger partial charge in [-0.2, -0.15) is 0 Å². The molecule has 1 amide bonds. The number of carbonyl (C=O) groups is 1. The molecule has 19 heavy (non-hydrogen) atoms. The predicted octanol–water partition coefficient (Wildman–Crippen LogP) is 0.446. The number of amides is 1. The normalized spacial score (nSPS) is 9.95. The molecule has 0 aromatic carbocycles. The summed E-state index contributed by atoms with van der Waals surface area (Å²) in [5.74, 6) is 0. The van der Waals surface area contributed by atoms with Gasteiger partial charge < -0.3 is 10.6 Å². The molecule has 7 heteroatoms. The van der Waals surface area contributed by atoms with Crippen molar-refractivity contribution in [2.75, 3.05) is 19.8 Å². The van der Waals surface area contributed by atoms with E-state index >= 15 is 0 Å². The van der Waals surface area contributed by atoms with E-state index in [1.807, 2.05) is 17.5 Å². The Labute approximate surface area is 117 Å². The molecule has 1 rings (SSSR count). The third-order valence-electron chi connectivity index (χ3n) is 2.31. The van der Waals surface area contributed by atoms with E-state index in [2.05, 4.69) is 44.0 Å². The summed E-state index contributed by atoms with van der Waals surface area (Å²) in [5.41, 5.74) is 1.00. The maximum atomic E-state index is 10.0. The van der Waals surface area contributed by atoms with Crippen molar-refractivity contribution in [3.63, 3.8) is 0 Å². The van der Waals surface area contributed by atoms with Gasteiger partial charge in [0.2, 0.25) is 6.41 Å². The Morgan fingerprint density at radius 3 is 2.79 bits per heavy atom. The van der Waals surface area contributed by atoms with Crippen LogP contribution in [0.1, 0.15) is 26.0 Å². The summed E-state index contributed by atoms with van der Waals surface area (Å²) < 4.78 is 1.82. The SMILES string of the molecule is CC(C)NCCc1cn(CCCNC=O)nn1.CP. The lowest BCUT2D eigenvalue weighted by Crippen LogP contribution is -2.25. The molecule has 0 saturated heterocycles. The molecule has 1 aromatic heterocycles. The summed E-state index contributed by atoms with van der Waals surface area (Å²) >= 11 is 0. The highest BCUT2D eigenvalue weighted by molar-refractivity contribution is 7.15. The van der Waals surface area contributed by atoms with Crippen molar-refractivity contribution in [3.05, 3.63) is 11.9 Å². The van der Waals surface area contributed by atoms with Crippen molar-refractivity contribution < 1.29 is 4.79 Å². The third-order valence-corrected chi connectivity index (χ3v) is 2.31. The molecule has 1 heterocycles. The summed E-state index contributed by atoms with van der Waals surface area (Å²) in [7, 11) is 2.42. The van der Waals surface area contributed by atoms with Crippen molar-refractivity contribution in [2.45, 2.75) is 39.3 Å². The fraction of sp³-hybridized carbons (Fsp3) is 0.750. The lowest BCUT2D eigenvalue weighted by Gasteiger charge is -2.05. The zero-order valence-electron chi connectivity index (χ0n) is 12.1. The number of aryl methyl sites for hydroxylation is 1. The van der Waals surface area contributed by atoms with Crippen LogP contribution in [-0.2, 0) is 17.8 Å². The van der Waals surface area contributed by atoms with Crippen LogP contribution >= 0.6 is 9.24 Å². The highest BCUT2D eigenvalue weighted by Crippen LogP contribution is 1.95. The lowest BCUT2D eigenvalue weighted by molar-refractivity contribution is -0.109. The van der Waals surface area contributed by atoms with Gasteiger partial charge in [0.15, 0.2) is 0 Å². The molecule has 0 fully saturated rings. The summed E-state index contributed by atoms with van der Waals surface area (Å²) in [6.45, 7) is 8.54. The highest BCUT2D eigenvalue weighted by Gasteiger charge is 2.01. The first-order valence-corrected chi connectivity index (χ1v) is 7.75. The van der Waals surface area contributed by atoms with Gasteiger partial charge >= 0.3 is 0 Å². The zero-order valence-corrected chi connectivity index (χ0v) is 13.2. The fourth-order valence-electron chi connectivity index (χ4n) is 1.45. The molecule has 6 nitrogen and oxygen atoms in total. The minimum absolute atomic E-state index is 0.500. The molecule has 1 atom stereocenters. The average molecular weight is 287 g/mol. The van der Waals surface area contributed by atoms with Crippen LogP contribution in [0.15, 0.2) is 6.20 Å². The van der Waals surface area contributed by atoms with Crippen molar-refractivity contribution >= 4 is 15.6 Å². The Balaban J connectivity index is 0.00000154. The van der Waals surface area contributed by atoms with Crippen molar-refractivity contribution in [1.29, 1.82) is 0 Å². The van der Waals surface area contributed by atoms with E-state index < -0.39 is 0 Å². The second kappa shape index (κ2) is 12.1. The van der Waals surface area contributed by atoms with Crippen molar-refractivity contribution in [2.24, 2.45) is 0 Å². The quantitative estimate of drug-likeness (QED) is 0.393. The number of nitrogens with zero attached hydrogens (tertiary/aromatic N) is 3. The van der Waals surface area contributed by atoms with Gasteiger partial charge in [-0.25, -0.2) is 0 Å². The third kappa shape index (κ3) is 9.56. The molecule has 1 unspecified atom stereocenters. The second-order valence-electron chi connectivity index (χ2n) is 4.26. The molecule has 0 bridgehead atoms. The average Bonchev–Trinajstić information content (AvgIpc) is 2.85. The Morgan fingerprint density at radius 2 is 2.16 bits per heavy atom. The molecule has 2 N–H and O–H groups in total. The predicted molar refractivity (Wildman–Crippen MR) is 81.2 cm³/mol. The highest BCUT2D eigenvalue weighted by atomic mass is 31.0. The molecule has 1 aromatic rings. The van der Waals surface area contributed by atoms with Gasteiger partial charge in [0.25, 0.3) is 0 Å². The van der Waals surface area contributed by atoms with E-state index in [1.165, 1.54) is 0 Å². The number of nitrogens with one attached hydrogen (secondary N) is 2. The van der Waals surface area contributed by atoms with Gasteiger partial charge in [-0.15, -0.1) is 14.3 Å². The van der Waals surface area contributed by atoms with E-state index in [9.17, 15) is 4.79 Å². The molecule has 0 radical (unpaired) electrons. The first kappa shape index (κ1) is 18.0. The van der Waals surface area contributed by atoms with Crippen LogP contribution in [0, 0.1) is 0 Å². The minimum Gasteiger partial charge on any atom is -0.359 e. The van der Waals surface area contributed by atoms with Crippen LogP contribution in [0.3, 0.4) is 0 Å². The first-order chi connectivity index (χ1) is 9.22. The molecule has 0 aliphatic rings. The number of aromatic nitrogens is 3. The van der Waals surface area contributed by atoms with Gasteiger partial charge in [0, 0.05) is 38.3 Å². The van der Waals surface area contributed by atoms with Gasteiger partial charge in [-0.05, 0) is 6.42 Å². The van der Waals surface area contributed by atoms with E-state index in [-0.39, 0.29) is 0 Å². The van der Waals surface area contributed by atoms with Crippen LogP contribution in [0.4, 0.5) is 0 Å². The number of carbonyl (C=O) groups excluding carboxylic acids is 1. The minimum atomic E-state index is 0.500. The summed E-state index contributed by atoms with van der Waals surface area (Å²) in [4.78, 5) is 10.0.